The summed E-state index contributed by atoms with van der Waals surface area (Å²) in [6.45, 7) is 1.88. The average molecular weight is 402 g/mol. The molecule has 0 fully saturated rings. The van der Waals surface area contributed by atoms with Crippen LogP contribution in [0.5, 0.6) is 5.75 Å². The van der Waals surface area contributed by atoms with Crippen LogP contribution in [0, 0.1) is 0 Å². The van der Waals surface area contributed by atoms with Crippen LogP contribution in [-0.2, 0) is 22.4 Å². The van der Waals surface area contributed by atoms with Crippen LogP contribution in [-0.4, -0.2) is 25.1 Å². The Morgan fingerprint density at radius 1 is 1.11 bits per heavy atom. The van der Waals surface area contributed by atoms with E-state index < -0.39 is 12.1 Å². The molecule has 1 N–H and O–H groups in total. The zero-order valence-electron chi connectivity index (χ0n) is 16.1. The topological polar surface area (TPSA) is 64.6 Å². The second-order valence-electron chi connectivity index (χ2n) is 6.83. The van der Waals surface area contributed by atoms with Crippen molar-refractivity contribution in [3.05, 3.63) is 58.1 Å². The van der Waals surface area contributed by atoms with Crippen molar-refractivity contribution in [3.8, 4) is 5.75 Å². The van der Waals surface area contributed by atoms with Crippen LogP contribution < -0.4 is 10.1 Å². The van der Waals surface area contributed by atoms with Crippen LogP contribution >= 0.6 is 11.6 Å². The van der Waals surface area contributed by atoms with Crippen molar-refractivity contribution >= 4 is 29.2 Å². The van der Waals surface area contributed by atoms with Gasteiger partial charge in [0.1, 0.15) is 5.75 Å². The smallest absolute Gasteiger partial charge is 0.337 e. The van der Waals surface area contributed by atoms with Crippen molar-refractivity contribution < 1.29 is 19.1 Å². The van der Waals surface area contributed by atoms with Crippen LogP contribution in [0.15, 0.2) is 36.4 Å². The standard InChI is InChI=1S/C22H24ClNO4/c1-3-20(28-17-10-8-14-6-4-5-7-15(14)12-17)21(25)24-19-13-16(22(26)27-2)9-11-18(19)23/h8-13,20H,3-7H2,1-2H3,(H,24,25)/t20-/m0/s1. The fourth-order valence-electron chi connectivity index (χ4n) is 3.35. The highest BCUT2D eigenvalue weighted by Crippen LogP contribution is 2.27. The van der Waals surface area contributed by atoms with Gasteiger partial charge in [0, 0.05) is 0 Å². The normalized spacial score (nSPS) is 14.0. The van der Waals surface area contributed by atoms with E-state index >= 15 is 0 Å². The number of hydrogen-bond acceptors (Lipinski definition) is 4. The van der Waals surface area contributed by atoms with Gasteiger partial charge in [0.05, 0.1) is 23.4 Å². The number of aryl methyl sites for hydroxylation is 2. The summed E-state index contributed by atoms with van der Waals surface area (Å²) in [5, 5.41) is 3.10. The number of carbonyl (C=O) groups excluding carboxylic acids is 2. The van der Waals surface area contributed by atoms with Crippen LogP contribution in [0.3, 0.4) is 0 Å². The van der Waals surface area contributed by atoms with E-state index in [1.807, 2.05) is 19.1 Å². The summed E-state index contributed by atoms with van der Waals surface area (Å²) in [4.78, 5) is 24.4. The molecule has 148 valence electrons. The Labute approximate surface area is 170 Å². The first kappa shape index (κ1) is 20.2. The zero-order chi connectivity index (χ0) is 20.1. The molecule has 0 heterocycles. The molecule has 1 amide bonds. The summed E-state index contributed by atoms with van der Waals surface area (Å²) >= 11 is 6.17. The van der Waals surface area contributed by atoms with E-state index in [-0.39, 0.29) is 5.91 Å². The van der Waals surface area contributed by atoms with E-state index in [0.29, 0.717) is 28.4 Å². The van der Waals surface area contributed by atoms with Gasteiger partial charge in [-0.2, -0.15) is 0 Å². The molecule has 0 bridgehead atoms. The average Bonchev–Trinajstić information content (AvgIpc) is 2.72. The lowest BCUT2D eigenvalue weighted by Gasteiger charge is -2.21. The third-order valence-electron chi connectivity index (χ3n) is 4.91. The maximum Gasteiger partial charge on any atom is 0.337 e. The minimum Gasteiger partial charge on any atom is -0.481 e. The van der Waals surface area contributed by atoms with Crippen molar-refractivity contribution in [2.45, 2.75) is 45.1 Å². The number of anilines is 1. The highest BCUT2D eigenvalue weighted by molar-refractivity contribution is 6.33. The lowest BCUT2D eigenvalue weighted by Crippen LogP contribution is -2.32. The molecule has 3 rings (SSSR count). The van der Waals surface area contributed by atoms with Gasteiger partial charge >= 0.3 is 5.97 Å². The molecule has 0 aromatic heterocycles. The van der Waals surface area contributed by atoms with Gasteiger partial charge in [-0.15, -0.1) is 0 Å². The second kappa shape index (κ2) is 9.11. The number of esters is 1. The number of carbonyl (C=O) groups is 2. The first-order valence-corrected chi connectivity index (χ1v) is 9.86. The number of benzene rings is 2. The zero-order valence-corrected chi connectivity index (χ0v) is 16.8. The predicted molar refractivity (Wildman–Crippen MR) is 109 cm³/mol. The monoisotopic (exact) mass is 401 g/mol. The van der Waals surface area contributed by atoms with Gasteiger partial charge < -0.3 is 14.8 Å². The number of amides is 1. The molecule has 0 aliphatic heterocycles. The molecule has 1 aliphatic rings. The number of fused-ring (bicyclic) bond motifs is 1. The summed E-state index contributed by atoms with van der Waals surface area (Å²) in [5.74, 6) is -0.120. The van der Waals surface area contributed by atoms with Crippen molar-refractivity contribution in [1.82, 2.24) is 0 Å². The third-order valence-corrected chi connectivity index (χ3v) is 5.24. The fourth-order valence-corrected chi connectivity index (χ4v) is 3.51. The van der Waals surface area contributed by atoms with Crippen LogP contribution in [0.4, 0.5) is 5.69 Å². The van der Waals surface area contributed by atoms with Gasteiger partial charge in [0.2, 0.25) is 0 Å². The Morgan fingerprint density at radius 2 is 1.86 bits per heavy atom. The number of ether oxygens (including phenoxy) is 2. The largest absolute Gasteiger partial charge is 0.481 e. The minimum absolute atomic E-state index is 0.311. The number of halogens is 1. The van der Waals surface area contributed by atoms with Gasteiger partial charge in [-0.25, -0.2) is 4.79 Å². The Morgan fingerprint density at radius 3 is 2.57 bits per heavy atom. The van der Waals surface area contributed by atoms with E-state index in [0.717, 1.165) is 12.8 Å². The van der Waals surface area contributed by atoms with Gasteiger partial charge in [0.25, 0.3) is 5.91 Å². The maximum atomic E-state index is 12.7. The lowest BCUT2D eigenvalue weighted by atomic mass is 9.92. The molecule has 0 saturated carbocycles. The molecule has 1 atom stereocenters. The molecule has 0 spiro atoms. The number of hydrogen-bond donors (Lipinski definition) is 1. The quantitative estimate of drug-likeness (QED) is 0.706. The van der Waals surface area contributed by atoms with E-state index in [1.165, 1.54) is 37.1 Å². The molecule has 2 aromatic rings. The minimum atomic E-state index is -0.667. The summed E-state index contributed by atoms with van der Waals surface area (Å²) in [6, 6.07) is 10.6. The molecule has 0 unspecified atom stereocenters. The molecular weight excluding hydrogens is 378 g/mol. The number of methoxy groups -OCH3 is 1. The van der Waals surface area contributed by atoms with Gasteiger partial charge in [-0.3, -0.25) is 4.79 Å². The summed E-state index contributed by atoms with van der Waals surface area (Å²) in [6.07, 6.45) is 4.38. The molecule has 0 saturated heterocycles. The molecule has 2 aromatic carbocycles. The highest BCUT2D eigenvalue weighted by Gasteiger charge is 2.21. The first-order chi connectivity index (χ1) is 13.5. The molecule has 28 heavy (non-hydrogen) atoms. The van der Waals surface area contributed by atoms with E-state index in [9.17, 15) is 9.59 Å². The van der Waals surface area contributed by atoms with Crippen LogP contribution in [0.25, 0.3) is 0 Å². The van der Waals surface area contributed by atoms with Crippen molar-refractivity contribution in [2.75, 3.05) is 12.4 Å². The van der Waals surface area contributed by atoms with Crippen molar-refractivity contribution in [2.24, 2.45) is 0 Å². The predicted octanol–water partition coefficient (Wildman–Crippen LogP) is 4.80. The highest BCUT2D eigenvalue weighted by atomic mass is 35.5. The SMILES string of the molecule is CC[C@H](Oc1ccc2c(c1)CCCC2)C(=O)Nc1cc(C(=O)OC)ccc1Cl. The molecular formula is C22H24ClNO4. The maximum absolute atomic E-state index is 12.7. The molecule has 5 nitrogen and oxygen atoms in total. The van der Waals surface area contributed by atoms with Crippen molar-refractivity contribution in [1.29, 1.82) is 0 Å². The molecule has 6 heteroatoms. The summed E-state index contributed by atoms with van der Waals surface area (Å²) in [7, 11) is 1.30. The van der Waals surface area contributed by atoms with Gasteiger partial charge in [-0.05, 0) is 73.6 Å². The van der Waals surface area contributed by atoms with E-state index in [4.69, 9.17) is 21.1 Å². The lowest BCUT2D eigenvalue weighted by molar-refractivity contribution is -0.122. The molecule has 0 radical (unpaired) electrons. The molecule has 1 aliphatic carbocycles. The van der Waals surface area contributed by atoms with E-state index in [1.54, 1.807) is 12.1 Å². The first-order valence-electron chi connectivity index (χ1n) is 9.49. The Hall–Kier alpha value is -2.53. The van der Waals surface area contributed by atoms with E-state index in [2.05, 4.69) is 11.4 Å². The Bertz CT molecular complexity index is 881. The van der Waals surface area contributed by atoms with Gasteiger partial charge in [-0.1, -0.05) is 24.6 Å². The second-order valence-corrected chi connectivity index (χ2v) is 7.24. The van der Waals surface area contributed by atoms with Crippen molar-refractivity contribution in [3.63, 3.8) is 0 Å². The number of rotatable bonds is 6. The summed E-state index contributed by atoms with van der Waals surface area (Å²) in [5.41, 5.74) is 3.32. The Balaban J connectivity index is 1.73. The Kier molecular flexibility index (Phi) is 6.57. The van der Waals surface area contributed by atoms with Crippen LogP contribution in [0.2, 0.25) is 5.02 Å². The number of nitrogens with one attached hydrogen (secondary N) is 1. The fraction of sp³-hybridized carbons (Fsp3) is 0.364. The van der Waals surface area contributed by atoms with Gasteiger partial charge in [0.15, 0.2) is 6.10 Å². The third kappa shape index (κ3) is 4.65. The van der Waals surface area contributed by atoms with Crippen LogP contribution in [0.1, 0.15) is 47.7 Å². The summed E-state index contributed by atoms with van der Waals surface area (Å²) < 4.78 is 10.7.